The third-order valence-electron chi connectivity index (χ3n) is 3.06. The third-order valence-corrected chi connectivity index (χ3v) is 4.37. The number of aliphatic hydroxyl groups excluding tert-OH is 3. The van der Waals surface area contributed by atoms with E-state index >= 15 is 0 Å². The predicted octanol–water partition coefficient (Wildman–Crippen LogP) is -0.908. The number of halogens is 2. The minimum atomic E-state index is -3.05. The largest absolute Gasteiger partial charge is 0.388 e. The van der Waals surface area contributed by atoms with Crippen LogP contribution in [0.1, 0.15) is 0 Å². The lowest BCUT2D eigenvalue weighted by Crippen LogP contribution is -2.59. The maximum absolute atomic E-state index is 12.5. The van der Waals surface area contributed by atoms with Gasteiger partial charge in [0, 0.05) is 14.1 Å². The number of fused-ring (bicyclic) bond motifs is 1. The molecular formula is C10H16F2N2O4S. The fourth-order valence-corrected chi connectivity index (χ4v) is 3.16. The number of aliphatic hydroxyl groups is 3. The molecule has 110 valence electrons. The van der Waals surface area contributed by atoms with Crippen LogP contribution < -0.4 is 0 Å². The monoisotopic (exact) mass is 298 g/mol. The van der Waals surface area contributed by atoms with Gasteiger partial charge in [0.25, 0.3) is 6.43 Å². The Morgan fingerprint density at radius 3 is 2.47 bits per heavy atom. The maximum Gasteiger partial charge on any atom is 0.266 e. The molecule has 1 saturated heterocycles. The van der Waals surface area contributed by atoms with Gasteiger partial charge < -0.3 is 25.0 Å². The standard InChI is InChI=1S/C10H16F2N2O4S/c1-14(2)10-13-3-4(15)5(16)7(6(17)8(11)12)18-9(3)19-10/h3-9,15-17H,1-2H3/t3?,4?,5?,6-,7?,9?/m1/s1. The zero-order chi connectivity index (χ0) is 14.3. The van der Waals surface area contributed by atoms with Gasteiger partial charge in [0.2, 0.25) is 0 Å². The van der Waals surface area contributed by atoms with Crippen LogP contribution in [0.15, 0.2) is 4.99 Å². The van der Waals surface area contributed by atoms with Crippen LogP contribution in [0.2, 0.25) is 0 Å². The average molecular weight is 298 g/mol. The molecule has 6 atom stereocenters. The molecule has 3 N–H and O–H groups in total. The summed E-state index contributed by atoms with van der Waals surface area (Å²) in [6.07, 6.45) is -9.67. The molecule has 0 radical (unpaired) electrons. The maximum atomic E-state index is 12.5. The minimum absolute atomic E-state index is 0.577. The number of amidine groups is 1. The number of nitrogens with zero attached hydrogens (tertiary/aromatic N) is 2. The molecule has 2 aliphatic rings. The van der Waals surface area contributed by atoms with E-state index in [0.29, 0.717) is 5.17 Å². The summed E-state index contributed by atoms with van der Waals surface area (Å²) in [5, 5.41) is 29.6. The Kier molecular flexibility index (Phi) is 4.31. The molecule has 0 aromatic carbocycles. The first-order valence-electron chi connectivity index (χ1n) is 5.72. The number of alkyl halides is 2. The number of thioether (sulfide) groups is 1. The summed E-state index contributed by atoms with van der Waals surface area (Å²) in [7, 11) is 3.49. The summed E-state index contributed by atoms with van der Waals surface area (Å²) >= 11 is 1.17. The van der Waals surface area contributed by atoms with Gasteiger partial charge in [-0.05, 0) is 0 Å². The van der Waals surface area contributed by atoms with Gasteiger partial charge in [0.05, 0.1) is 0 Å². The van der Waals surface area contributed by atoms with E-state index in [0.717, 1.165) is 0 Å². The number of aliphatic imine (C=N–C) groups is 1. The lowest BCUT2D eigenvalue weighted by Gasteiger charge is -2.39. The van der Waals surface area contributed by atoms with E-state index in [9.17, 15) is 24.1 Å². The highest BCUT2D eigenvalue weighted by Gasteiger charge is 2.51. The molecular weight excluding hydrogens is 282 g/mol. The number of hydrogen-bond acceptors (Lipinski definition) is 7. The Labute approximate surface area is 113 Å². The number of hydrogen-bond donors (Lipinski definition) is 3. The van der Waals surface area contributed by atoms with E-state index in [2.05, 4.69) is 4.99 Å². The smallest absolute Gasteiger partial charge is 0.266 e. The molecule has 2 rings (SSSR count). The zero-order valence-corrected chi connectivity index (χ0v) is 11.2. The van der Waals surface area contributed by atoms with Crippen molar-refractivity contribution >= 4 is 16.9 Å². The Hall–Kier alpha value is -0.480. The van der Waals surface area contributed by atoms with Gasteiger partial charge in [-0.2, -0.15) is 0 Å². The van der Waals surface area contributed by atoms with Crippen molar-refractivity contribution < 1.29 is 28.8 Å². The molecule has 5 unspecified atom stereocenters. The molecule has 0 amide bonds. The second-order valence-electron chi connectivity index (χ2n) is 4.69. The van der Waals surface area contributed by atoms with Crippen LogP contribution in [0.25, 0.3) is 0 Å². The second kappa shape index (κ2) is 5.49. The molecule has 0 bridgehead atoms. The Morgan fingerprint density at radius 2 is 1.95 bits per heavy atom. The molecule has 0 aromatic heterocycles. The van der Waals surface area contributed by atoms with Crippen LogP contribution in [-0.4, -0.2) is 81.8 Å². The highest BCUT2D eigenvalue weighted by molar-refractivity contribution is 8.14. The Bertz CT molecular complexity index is 371. The summed E-state index contributed by atoms with van der Waals surface area (Å²) in [5.74, 6) is 0. The van der Waals surface area contributed by atoms with E-state index < -0.39 is 42.3 Å². The molecule has 2 aliphatic heterocycles. The highest BCUT2D eigenvalue weighted by Crippen LogP contribution is 2.38. The summed E-state index contributed by atoms with van der Waals surface area (Å²) in [6.45, 7) is 0. The van der Waals surface area contributed by atoms with Crippen LogP contribution in [0, 0.1) is 0 Å². The fourth-order valence-electron chi connectivity index (χ4n) is 2.02. The first-order chi connectivity index (χ1) is 8.82. The van der Waals surface area contributed by atoms with Gasteiger partial charge >= 0.3 is 0 Å². The van der Waals surface area contributed by atoms with Crippen LogP contribution in [0.5, 0.6) is 0 Å². The lowest BCUT2D eigenvalue weighted by molar-refractivity contribution is -0.205. The van der Waals surface area contributed by atoms with Crippen molar-refractivity contribution in [3.8, 4) is 0 Å². The zero-order valence-electron chi connectivity index (χ0n) is 10.3. The van der Waals surface area contributed by atoms with Crippen molar-refractivity contribution in [2.24, 2.45) is 4.99 Å². The molecule has 0 aliphatic carbocycles. The Morgan fingerprint density at radius 1 is 1.32 bits per heavy atom. The van der Waals surface area contributed by atoms with Crippen LogP contribution >= 0.6 is 11.8 Å². The molecule has 19 heavy (non-hydrogen) atoms. The first-order valence-corrected chi connectivity index (χ1v) is 6.60. The van der Waals surface area contributed by atoms with Gasteiger partial charge in [-0.1, -0.05) is 11.8 Å². The molecule has 6 nitrogen and oxygen atoms in total. The molecule has 9 heteroatoms. The third kappa shape index (κ3) is 2.70. The first kappa shape index (κ1) is 14.9. The molecule has 0 spiro atoms. The number of rotatable bonds is 2. The lowest BCUT2D eigenvalue weighted by atomic mass is 9.95. The molecule has 0 saturated carbocycles. The molecule has 1 fully saturated rings. The van der Waals surface area contributed by atoms with Gasteiger partial charge in [-0.15, -0.1) is 0 Å². The summed E-state index contributed by atoms with van der Waals surface area (Å²) < 4.78 is 30.3. The van der Waals surface area contributed by atoms with Gasteiger partial charge in [0.1, 0.15) is 35.9 Å². The van der Waals surface area contributed by atoms with Crippen molar-refractivity contribution in [2.45, 2.75) is 42.3 Å². The van der Waals surface area contributed by atoms with Gasteiger partial charge in [-0.3, -0.25) is 4.99 Å². The SMILES string of the molecule is CN(C)C1=NC2C(OC([C@@H](O)C(F)F)C(O)C2O)S1. The van der Waals surface area contributed by atoms with Crippen molar-refractivity contribution in [2.75, 3.05) is 14.1 Å². The minimum Gasteiger partial charge on any atom is -0.388 e. The van der Waals surface area contributed by atoms with E-state index in [1.165, 1.54) is 11.8 Å². The topological polar surface area (TPSA) is 85.5 Å². The van der Waals surface area contributed by atoms with Crippen LogP contribution in [0.4, 0.5) is 8.78 Å². The van der Waals surface area contributed by atoms with E-state index in [-0.39, 0.29) is 0 Å². The van der Waals surface area contributed by atoms with E-state index in [1.54, 1.807) is 19.0 Å². The summed E-state index contributed by atoms with van der Waals surface area (Å²) in [5.41, 5.74) is -0.686. The summed E-state index contributed by atoms with van der Waals surface area (Å²) in [6, 6.07) is -0.724. The number of ether oxygens (including phenoxy) is 1. The predicted molar refractivity (Wildman–Crippen MR) is 65.2 cm³/mol. The normalized spacial score (nSPS) is 40.0. The average Bonchev–Trinajstić information content (AvgIpc) is 2.77. The highest BCUT2D eigenvalue weighted by atomic mass is 32.2. The molecule has 2 heterocycles. The van der Waals surface area contributed by atoms with Crippen LogP contribution in [-0.2, 0) is 4.74 Å². The van der Waals surface area contributed by atoms with Crippen molar-refractivity contribution in [1.29, 1.82) is 0 Å². The van der Waals surface area contributed by atoms with Crippen molar-refractivity contribution in [1.82, 2.24) is 4.90 Å². The molecule has 0 aromatic rings. The quantitative estimate of drug-likeness (QED) is 0.612. The summed E-state index contributed by atoms with van der Waals surface area (Å²) in [4.78, 5) is 5.88. The van der Waals surface area contributed by atoms with E-state index in [1.807, 2.05) is 0 Å². The van der Waals surface area contributed by atoms with Gasteiger partial charge in [0.15, 0.2) is 5.17 Å². The van der Waals surface area contributed by atoms with Gasteiger partial charge in [-0.25, -0.2) is 8.78 Å². The second-order valence-corrected chi connectivity index (χ2v) is 5.76. The van der Waals surface area contributed by atoms with Crippen molar-refractivity contribution in [3.63, 3.8) is 0 Å². The van der Waals surface area contributed by atoms with Crippen LogP contribution in [0.3, 0.4) is 0 Å². The Balaban J connectivity index is 2.14. The van der Waals surface area contributed by atoms with Crippen molar-refractivity contribution in [3.05, 3.63) is 0 Å². The fraction of sp³-hybridized carbons (Fsp3) is 0.900. The van der Waals surface area contributed by atoms with E-state index in [4.69, 9.17) is 4.74 Å².